The van der Waals surface area contributed by atoms with Crippen molar-refractivity contribution in [2.24, 2.45) is 0 Å². The molecule has 160 valence electrons. The minimum atomic E-state index is -4.72. The molecule has 0 radical (unpaired) electrons. The summed E-state index contributed by atoms with van der Waals surface area (Å²) in [6.07, 6.45) is -0.753. The number of rotatable bonds is 4. The second kappa shape index (κ2) is 8.63. The summed E-state index contributed by atoms with van der Waals surface area (Å²) in [5.41, 5.74) is 3.78. The van der Waals surface area contributed by atoms with Gasteiger partial charge < -0.3 is 15.0 Å². The van der Waals surface area contributed by atoms with Crippen LogP contribution in [-0.4, -0.2) is 33.8 Å². The highest BCUT2D eigenvalue weighted by molar-refractivity contribution is 5.75. The molecular formula is C22H19F3N4O2. The molecule has 3 aromatic rings. The van der Waals surface area contributed by atoms with Gasteiger partial charge in [-0.15, -0.1) is 13.2 Å². The summed E-state index contributed by atoms with van der Waals surface area (Å²) in [6, 6.07) is 13.1. The maximum absolute atomic E-state index is 12.5. The molecule has 2 heterocycles. The number of hydrogen-bond donors (Lipinski definition) is 1. The van der Waals surface area contributed by atoms with Crippen LogP contribution in [-0.2, 0) is 19.5 Å². The van der Waals surface area contributed by atoms with Crippen molar-refractivity contribution in [2.45, 2.75) is 25.9 Å². The van der Waals surface area contributed by atoms with Gasteiger partial charge in [0.1, 0.15) is 11.6 Å². The molecule has 0 bridgehead atoms. The molecular weight excluding hydrogens is 409 g/mol. The van der Waals surface area contributed by atoms with Gasteiger partial charge in [-0.2, -0.15) is 0 Å². The van der Waals surface area contributed by atoms with E-state index in [9.17, 15) is 18.0 Å². The zero-order valence-corrected chi connectivity index (χ0v) is 16.4. The van der Waals surface area contributed by atoms with E-state index >= 15 is 0 Å². The van der Waals surface area contributed by atoms with E-state index in [2.05, 4.69) is 20.0 Å². The highest BCUT2D eigenvalue weighted by Crippen LogP contribution is 2.29. The monoisotopic (exact) mass is 428 g/mol. The van der Waals surface area contributed by atoms with Crippen molar-refractivity contribution in [3.05, 3.63) is 77.9 Å². The Balaban J connectivity index is 1.43. The Kier molecular flexibility index (Phi) is 5.75. The summed E-state index contributed by atoms with van der Waals surface area (Å²) in [5, 5.41) is 2.83. The number of amides is 2. The summed E-state index contributed by atoms with van der Waals surface area (Å²) in [7, 11) is 0. The molecule has 1 N–H and O–H groups in total. The number of benzene rings is 2. The number of fused-ring (bicyclic) bond motifs is 1. The standard InChI is InChI=1S/C22H19F3N4O2/c23-22(24,25)31-19-6-4-15(5-7-19)17-3-2-16-8-11-29(14-18(16)12-17)21(30)28-13-20-26-9-1-10-27-20/h1-7,9-10,12H,8,11,13-14H2,(H,28,30). The maximum Gasteiger partial charge on any atom is 0.573 e. The predicted octanol–water partition coefficient (Wildman–Crippen LogP) is 4.31. The number of carbonyl (C=O) groups excluding carboxylic acids is 1. The van der Waals surface area contributed by atoms with Crippen molar-refractivity contribution in [1.29, 1.82) is 0 Å². The van der Waals surface area contributed by atoms with Crippen molar-refractivity contribution < 1.29 is 22.7 Å². The third-order valence-corrected chi connectivity index (χ3v) is 4.94. The normalized spacial score (nSPS) is 13.5. The number of carbonyl (C=O) groups is 1. The lowest BCUT2D eigenvalue weighted by molar-refractivity contribution is -0.274. The Morgan fingerprint density at radius 1 is 1.03 bits per heavy atom. The number of alkyl halides is 3. The summed E-state index contributed by atoms with van der Waals surface area (Å²) in [4.78, 5) is 22.4. The van der Waals surface area contributed by atoms with Crippen molar-refractivity contribution in [3.63, 3.8) is 0 Å². The van der Waals surface area contributed by atoms with Crippen LogP contribution in [0.4, 0.5) is 18.0 Å². The molecule has 0 saturated heterocycles. The van der Waals surface area contributed by atoms with Crippen LogP contribution in [0.3, 0.4) is 0 Å². The summed E-state index contributed by atoms with van der Waals surface area (Å²) in [5.74, 6) is 0.271. The smallest absolute Gasteiger partial charge is 0.406 e. The number of nitrogens with one attached hydrogen (secondary N) is 1. The van der Waals surface area contributed by atoms with Gasteiger partial charge in [-0.25, -0.2) is 14.8 Å². The molecule has 1 aromatic heterocycles. The average Bonchev–Trinajstić information content (AvgIpc) is 2.77. The van der Waals surface area contributed by atoms with Crippen LogP contribution < -0.4 is 10.1 Å². The van der Waals surface area contributed by atoms with Gasteiger partial charge in [0.05, 0.1) is 6.54 Å². The van der Waals surface area contributed by atoms with Crippen LogP contribution in [0.15, 0.2) is 60.9 Å². The number of urea groups is 1. The quantitative estimate of drug-likeness (QED) is 0.673. The highest BCUT2D eigenvalue weighted by atomic mass is 19.4. The first kappa shape index (κ1) is 20.6. The first-order valence-electron chi connectivity index (χ1n) is 9.64. The number of halogens is 3. The summed E-state index contributed by atoms with van der Waals surface area (Å²) < 4.78 is 40.9. The van der Waals surface area contributed by atoms with Gasteiger partial charge in [0.15, 0.2) is 0 Å². The van der Waals surface area contributed by atoms with E-state index in [1.165, 1.54) is 12.1 Å². The largest absolute Gasteiger partial charge is 0.573 e. The van der Waals surface area contributed by atoms with Gasteiger partial charge in [0.25, 0.3) is 0 Å². The summed E-state index contributed by atoms with van der Waals surface area (Å²) >= 11 is 0. The van der Waals surface area contributed by atoms with Gasteiger partial charge in [0, 0.05) is 25.5 Å². The first-order chi connectivity index (χ1) is 14.9. The van der Waals surface area contributed by atoms with Crippen LogP contribution in [0.1, 0.15) is 17.0 Å². The van der Waals surface area contributed by atoms with Crippen LogP contribution in [0.25, 0.3) is 11.1 Å². The zero-order valence-electron chi connectivity index (χ0n) is 16.4. The molecule has 1 aliphatic rings. The van der Waals surface area contributed by atoms with Gasteiger partial charge >= 0.3 is 12.4 Å². The van der Waals surface area contributed by atoms with E-state index in [-0.39, 0.29) is 18.3 Å². The number of ether oxygens (including phenoxy) is 1. The Hall–Kier alpha value is -3.62. The molecule has 2 aromatic carbocycles. The minimum absolute atomic E-state index is 0.197. The topological polar surface area (TPSA) is 67.4 Å². The van der Waals surface area contributed by atoms with Crippen LogP contribution in [0.5, 0.6) is 5.75 Å². The Morgan fingerprint density at radius 3 is 2.45 bits per heavy atom. The Bertz CT molecular complexity index is 1060. The van der Waals surface area contributed by atoms with E-state index in [1.54, 1.807) is 35.5 Å². The third kappa shape index (κ3) is 5.30. The molecule has 0 spiro atoms. The van der Waals surface area contributed by atoms with Crippen molar-refractivity contribution in [2.75, 3.05) is 6.54 Å². The molecule has 0 aliphatic carbocycles. The molecule has 0 unspecified atom stereocenters. The number of nitrogens with zero attached hydrogens (tertiary/aromatic N) is 3. The molecule has 0 fully saturated rings. The Morgan fingerprint density at radius 2 is 1.74 bits per heavy atom. The lowest BCUT2D eigenvalue weighted by Gasteiger charge is -2.29. The average molecular weight is 428 g/mol. The fourth-order valence-corrected chi connectivity index (χ4v) is 3.45. The van der Waals surface area contributed by atoms with Crippen LogP contribution >= 0.6 is 0 Å². The minimum Gasteiger partial charge on any atom is -0.406 e. The second-order valence-electron chi connectivity index (χ2n) is 7.05. The number of aromatic nitrogens is 2. The number of hydrogen-bond acceptors (Lipinski definition) is 4. The van der Waals surface area contributed by atoms with E-state index in [1.807, 2.05) is 18.2 Å². The van der Waals surface area contributed by atoms with Crippen molar-refractivity contribution in [1.82, 2.24) is 20.2 Å². The summed E-state index contributed by atoms with van der Waals surface area (Å²) in [6.45, 7) is 1.28. The predicted molar refractivity (Wildman–Crippen MR) is 107 cm³/mol. The Labute approximate surface area is 176 Å². The van der Waals surface area contributed by atoms with E-state index in [0.717, 1.165) is 28.7 Å². The van der Waals surface area contributed by atoms with Gasteiger partial charge in [-0.3, -0.25) is 0 Å². The molecule has 6 nitrogen and oxygen atoms in total. The fourth-order valence-electron chi connectivity index (χ4n) is 3.45. The first-order valence-corrected chi connectivity index (χ1v) is 9.64. The molecule has 1 aliphatic heterocycles. The molecule has 0 atom stereocenters. The van der Waals surface area contributed by atoms with Crippen molar-refractivity contribution >= 4 is 6.03 Å². The maximum atomic E-state index is 12.5. The van der Waals surface area contributed by atoms with Crippen LogP contribution in [0.2, 0.25) is 0 Å². The van der Waals surface area contributed by atoms with Gasteiger partial charge in [-0.05, 0) is 52.9 Å². The molecule has 9 heteroatoms. The van der Waals surface area contributed by atoms with E-state index < -0.39 is 6.36 Å². The van der Waals surface area contributed by atoms with E-state index in [4.69, 9.17) is 0 Å². The second-order valence-corrected chi connectivity index (χ2v) is 7.05. The highest BCUT2D eigenvalue weighted by Gasteiger charge is 2.31. The van der Waals surface area contributed by atoms with Gasteiger partial charge in [-0.1, -0.05) is 24.3 Å². The SMILES string of the molecule is O=C(NCc1ncccn1)N1CCc2ccc(-c3ccc(OC(F)(F)F)cc3)cc2C1. The lowest BCUT2D eigenvalue weighted by Crippen LogP contribution is -2.42. The van der Waals surface area contributed by atoms with E-state index in [0.29, 0.717) is 18.9 Å². The fraction of sp³-hybridized carbons (Fsp3) is 0.227. The molecule has 31 heavy (non-hydrogen) atoms. The third-order valence-electron chi connectivity index (χ3n) is 4.94. The molecule has 4 rings (SSSR count). The molecule has 2 amide bonds. The lowest BCUT2D eigenvalue weighted by atomic mass is 9.95. The van der Waals surface area contributed by atoms with Gasteiger partial charge in [0.2, 0.25) is 0 Å². The molecule has 0 saturated carbocycles. The van der Waals surface area contributed by atoms with Crippen molar-refractivity contribution in [3.8, 4) is 16.9 Å². The zero-order chi connectivity index (χ0) is 21.8. The van der Waals surface area contributed by atoms with Crippen LogP contribution in [0, 0.1) is 0 Å².